The van der Waals surface area contributed by atoms with Crippen LogP contribution in [0.1, 0.15) is 49.9 Å². The van der Waals surface area contributed by atoms with Crippen LogP contribution in [0.25, 0.3) is 0 Å². The lowest BCUT2D eigenvalue weighted by molar-refractivity contribution is -0.133. The standard InChI is InChI=1S/C17H23N3O3S/c1-12(2)17-18-15(23-19-17)10-22-14-3-6-20(7-4-14)16(21)9-13-5-8-24-11-13/h5,8,11-12,14H,3-4,6-7,9-10H2,1-2H3. The average molecular weight is 349 g/mol. The fraction of sp³-hybridized carbons (Fsp3) is 0.588. The Morgan fingerprint density at radius 1 is 1.46 bits per heavy atom. The molecule has 1 aliphatic rings. The molecule has 1 amide bonds. The molecule has 0 unspecified atom stereocenters. The first-order chi connectivity index (χ1) is 11.6. The van der Waals surface area contributed by atoms with Crippen LogP contribution in [0.4, 0.5) is 0 Å². The molecule has 1 aliphatic heterocycles. The molecule has 0 radical (unpaired) electrons. The monoisotopic (exact) mass is 349 g/mol. The van der Waals surface area contributed by atoms with Gasteiger partial charge in [-0.25, -0.2) is 0 Å². The van der Waals surface area contributed by atoms with Crippen LogP contribution in [0.3, 0.4) is 0 Å². The molecule has 7 heteroatoms. The van der Waals surface area contributed by atoms with Crippen LogP contribution in [0.5, 0.6) is 0 Å². The molecule has 0 aromatic carbocycles. The minimum Gasteiger partial charge on any atom is -0.368 e. The number of likely N-dealkylation sites (tertiary alicyclic amines) is 1. The number of piperidine rings is 1. The minimum atomic E-state index is 0.143. The highest BCUT2D eigenvalue weighted by Crippen LogP contribution is 2.18. The number of hydrogen-bond donors (Lipinski definition) is 0. The van der Waals surface area contributed by atoms with E-state index in [1.807, 2.05) is 35.6 Å². The van der Waals surface area contributed by atoms with Crippen LogP contribution >= 0.6 is 11.3 Å². The Labute approximate surface area is 145 Å². The fourth-order valence-corrected chi connectivity index (χ4v) is 3.37. The van der Waals surface area contributed by atoms with Crippen molar-refractivity contribution in [2.24, 2.45) is 0 Å². The highest BCUT2D eigenvalue weighted by Gasteiger charge is 2.24. The number of amides is 1. The van der Waals surface area contributed by atoms with Crippen molar-refractivity contribution in [2.75, 3.05) is 13.1 Å². The minimum absolute atomic E-state index is 0.143. The molecule has 2 aromatic heterocycles. The van der Waals surface area contributed by atoms with Crippen molar-refractivity contribution >= 4 is 17.2 Å². The molecule has 3 heterocycles. The van der Waals surface area contributed by atoms with Crippen LogP contribution in [0.15, 0.2) is 21.3 Å². The Morgan fingerprint density at radius 2 is 2.25 bits per heavy atom. The van der Waals surface area contributed by atoms with Gasteiger partial charge in [0.05, 0.1) is 12.5 Å². The van der Waals surface area contributed by atoms with Gasteiger partial charge in [-0.2, -0.15) is 16.3 Å². The normalized spacial score (nSPS) is 16.0. The first-order valence-corrected chi connectivity index (χ1v) is 9.29. The van der Waals surface area contributed by atoms with Gasteiger partial charge in [0.2, 0.25) is 5.91 Å². The highest BCUT2D eigenvalue weighted by atomic mass is 32.1. The SMILES string of the molecule is CC(C)c1noc(COC2CCN(C(=O)Cc3ccsc3)CC2)n1. The van der Waals surface area contributed by atoms with Crippen LogP contribution < -0.4 is 0 Å². The number of ether oxygens (including phenoxy) is 1. The lowest BCUT2D eigenvalue weighted by Crippen LogP contribution is -2.41. The highest BCUT2D eigenvalue weighted by molar-refractivity contribution is 7.07. The Hall–Kier alpha value is -1.73. The van der Waals surface area contributed by atoms with Crippen molar-refractivity contribution in [3.05, 3.63) is 34.1 Å². The fourth-order valence-electron chi connectivity index (χ4n) is 2.70. The summed E-state index contributed by atoms with van der Waals surface area (Å²) in [5, 5.41) is 7.97. The number of nitrogens with zero attached hydrogens (tertiary/aromatic N) is 3. The summed E-state index contributed by atoms with van der Waals surface area (Å²) in [5.41, 5.74) is 1.10. The number of aromatic nitrogens is 2. The third kappa shape index (κ3) is 4.42. The number of carbonyl (C=O) groups is 1. The lowest BCUT2D eigenvalue weighted by Gasteiger charge is -2.31. The smallest absolute Gasteiger partial charge is 0.252 e. The summed E-state index contributed by atoms with van der Waals surface area (Å²) in [6.45, 7) is 5.88. The van der Waals surface area contributed by atoms with Crippen molar-refractivity contribution in [1.29, 1.82) is 0 Å². The summed E-state index contributed by atoms with van der Waals surface area (Å²) < 4.78 is 11.0. The van der Waals surface area contributed by atoms with Crippen LogP contribution in [-0.2, 0) is 22.6 Å². The van der Waals surface area contributed by atoms with Crippen LogP contribution in [0.2, 0.25) is 0 Å². The molecule has 0 N–H and O–H groups in total. The van der Waals surface area contributed by atoms with E-state index in [0.29, 0.717) is 24.7 Å². The quantitative estimate of drug-likeness (QED) is 0.802. The molecule has 1 saturated heterocycles. The largest absolute Gasteiger partial charge is 0.368 e. The van der Waals surface area contributed by atoms with Gasteiger partial charge in [-0.05, 0) is 35.2 Å². The number of carbonyl (C=O) groups excluding carboxylic acids is 1. The number of hydrogen-bond acceptors (Lipinski definition) is 6. The van der Waals surface area contributed by atoms with Gasteiger partial charge in [-0.1, -0.05) is 19.0 Å². The van der Waals surface area contributed by atoms with Gasteiger partial charge in [0.25, 0.3) is 5.89 Å². The van der Waals surface area contributed by atoms with Gasteiger partial charge in [0.15, 0.2) is 5.82 Å². The van der Waals surface area contributed by atoms with Gasteiger partial charge >= 0.3 is 0 Å². The zero-order valence-corrected chi connectivity index (χ0v) is 14.9. The third-order valence-corrected chi connectivity index (χ3v) is 4.90. The molecule has 24 heavy (non-hydrogen) atoms. The van der Waals surface area contributed by atoms with Gasteiger partial charge in [-0.3, -0.25) is 4.79 Å². The predicted molar refractivity (Wildman–Crippen MR) is 90.8 cm³/mol. The van der Waals surface area contributed by atoms with Crippen molar-refractivity contribution < 1.29 is 14.1 Å². The summed E-state index contributed by atoms with van der Waals surface area (Å²) in [6.07, 6.45) is 2.33. The molecule has 0 aliphatic carbocycles. The molecule has 3 rings (SSSR count). The molecule has 2 aromatic rings. The maximum atomic E-state index is 12.3. The second-order valence-electron chi connectivity index (χ2n) is 6.40. The zero-order valence-electron chi connectivity index (χ0n) is 14.1. The van der Waals surface area contributed by atoms with Gasteiger partial charge in [0.1, 0.15) is 6.61 Å². The van der Waals surface area contributed by atoms with E-state index >= 15 is 0 Å². The Balaban J connectivity index is 1.40. The molecule has 0 atom stereocenters. The van der Waals surface area contributed by atoms with Crippen LogP contribution in [0, 0.1) is 0 Å². The van der Waals surface area contributed by atoms with Crippen molar-refractivity contribution in [1.82, 2.24) is 15.0 Å². The summed E-state index contributed by atoms with van der Waals surface area (Å²) in [4.78, 5) is 18.5. The maximum absolute atomic E-state index is 12.3. The van der Waals surface area contributed by atoms with Gasteiger partial charge in [-0.15, -0.1) is 0 Å². The van der Waals surface area contributed by atoms with E-state index in [4.69, 9.17) is 9.26 Å². The van der Waals surface area contributed by atoms with Gasteiger partial charge in [0, 0.05) is 19.0 Å². The van der Waals surface area contributed by atoms with Crippen molar-refractivity contribution in [2.45, 2.75) is 51.7 Å². The van der Waals surface area contributed by atoms with E-state index in [9.17, 15) is 4.79 Å². The summed E-state index contributed by atoms with van der Waals surface area (Å²) in [6, 6.07) is 2.01. The maximum Gasteiger partial charge on any atom is 0.252 e. The second kappa shape index (κ2) is 7.90. The first-order valence-electron chi connectivity index (χ1n) is 8.34. The van der Waals surface area contributed by atoms with E-state index < -0.39 is 0 Å². The molecule has 0 bridgehead atoms. The van der Waals surface area contributed by atoms with Gasteiger partial charge < -0.3 is 14.2 Å². The van der Waals surface area contributed by atoms with E-state index in [-0.39, 0.29) is 17.9 Å². The summed E-state index contributed by atoms with van der Waals surface area (Å²) >= 11 is 1.63. The van der Waals surface area contributed by atoms with Crippen LogP contribution in [-0.4, -0.2) is 40.1 Å². The number of rotatable bonds is 6. The molecule has 0 spiro atoms. The van der Waals surface area contributed by atoms with E-state index in [1.165, 1.54) is 0 Å². The van der Waals surface area contributed by atoms with E-state index in [2.05, 4.69) is 10.1 Å². The molecule has 0 saturated carbocycles. The second-order valence-corrected chi connectivity index (χ2v) is 7.18. The Kier molecular flexibility index (Phi) is 5.63. The summed E-state index contributed by atoms with van der Waals surface area (Å²) in [7, 11) is 0. The Bertz CT molecular complexity index is 646. The Morgan fingerprint density at radius 3 is 2.88 bits per heavy atom. The lowest BCUT2D eigenvalue weighted by atomic mass is 10.1. The summed E-state index contributed by atoms with van der Waals surface area (Å²) in [5.74, 6) is 1.68. The molecular weight excluding hydrogens is 326 g/mol. The molecule has 1 fully saturated rings. The third-order valence-electron chi connectivity index (χ3n) is 4.17. The zero-order chi connectivity index (χ0) is 16.9. The number of thiophene rings is 1. The van der Waals surface area contributed by atoms with E-state index in [1.54, 1.807) is 11.3 Å². The predicted octanol–water partition coefficient (Wildman–Crippen LogP) is 3.00. The van der Waals surface area contributed by atoms with E-state index in [0.717, 1.165) is 31.5 Å². The molecule has 130 valence electrons. The average Bonchev–Trinajstić information content (AvgIpc) is 3.25. The first kappa shape index (κ1) is 17.1. The topological polar surface area (TPSA) is 68.5 Å². The van der Waals surface area contributed by atoms with Crippen molar-refractivity contribution in [3.63, 3.8) is 0 Å². The van der Waals surface area contributed by atoms with Crippen molar-refractivity contribution in [3.8, 4) is 0 Å². The molecule has 6 nitrogen and oxygen atoms in total. The molecular formula is C17H23N3O3S.